The van der Waals surface area contributed by atoms with Gasteiger partial charge in [0.05, 0.1) is 24.3 Å². The van der Waals surface area contributed by atoms with Gasteiger partial charge in [-0.05, 0) is 13.8 Å². The zero-order chi connectivity index (χ0) is 16.4. The lowest BCUT2D eigenvalue weighted by molar-refractivity contribution is -0.156. The molecule has 2 unspecified atom stereocenters. The molecule has 7 nitrogen and oxygen atoms in total. The van der Waals surface area contributed by atoms with Crippen molar-refractivity contribution in [3.05, 3.63) is 23.5 Å². The first-order chi connectivity index (χ1) is 11.0. The number of rotatable bonds is 4. The van der Waals surface area contributed by atoms with Crippen LogP contribution in [0.4, 0.5) is 0 Å². The number of morpholine rings is 1. The van der Waals surface area contributed by atoms with Gasteiger partial charge in [0.25, 0.3) is 5.91 Å². The zero-order valence-electron chi connectivity index (χ0n) is 13.1. The van der Waals surface area contributed by atoms with Crippen LogP contribution in [0.3, 0.4) is 0 Å². The van der Waals surface area contributed by atoms with Crippen molar-refractivity contribution >= 4 is 28.2 Å². The molecular weight excluding hydrogens is 318 g/mol. The maximum Gasteiger partial charge on any atom is 0.312 e. The second kappa shape index (κ2) is 6.67. The van der Waals surface area contributed by atoms with E-state index in [-0.39, 0.29) is 31.1 Å². The minimum atomic E-state index is -0.446. The molecule has 1 aliphatic rings. The Hall–Kier alpha value is -1.93. The summed E-state index contributed by atoms with van der Waals surface area (Å²) in [5, 5.41) is 1.92. The SMILES string of the molecule is CC1CN(C(=O)COC(=O)Cc2cn3ccsc3n2)CC(C)O1. The van der Waals surface area contributed by atoms with Gasteiger partial charge < -0.3 is 14.4 Å². The van der Waals surface area contributed by atoms with E-state index in [4.69, 9.17) is 9.47 Å². The van der Waals surface area contributed by atoms with Crippen molar-refractivity contribution in [2.24, 2.45) is 0 Å². The van der Waals surface area contributed by atoms with Crippen LogP contribution in [0.15, 0.2) is 17.8 Å². The highest BCUT2D eigenvalue weighted by molar-refractivity contribution is 7.15. The highest BCUT2D eigenvalue weighted by Gasteiger charge is 2.26. The summed E-state index contributed by atoms with van der Waals surface area (Å²) in [5.41, 5.74) is 0.642. The summed E-state index contributed by atoms with van der Waals surface area (Å²) in [5.74, 6) is -0.635. The Morgan fingerprint density at radius 3 is 2.83 bits per heavy atom. The van der Waals surface area contributed by atoms with Crippen LogP contribution < -0.4 is 0 Å². The van der Waals surface area contributed by atoms with Gasteiger partial charge in [0.2, 0.25) is 0 Å². The molecule has 3 rings (SSSR count). The fourth-order valence-corrected chi connectivity index (χ4v) is 3.39. The van der Waals surface area contributed by atoms with Crippen molar-refractivity contribution in [3.8, 4) is 0 Å². The fraction of sp³-hybridized carbons (Fsp3) is 0.533. The largest absolute Gasteiger partial charge is 0.455 e. The summed E-state index contributed by atoms with van der Waals surface area (Å²) in [6.07, 6.45) is 3.73. The number of thiazole rings is 1. The van der Waals surface area contributed by atoms with Crippen LogP contribution in [-0.2, 0) is 25.5 Å². The Morgan fingerprint density at radius 1 is 1.39 bits per heavy atom. The molecule has 124 valence electrons. The van der Waals surface area contributed by atoms with E-state index >= 15 is 0 Å². The first-order valence-corrected chi connectivity index (χ1v) is 8.39. The molecule has 2 atom stereocenters. The molecule has 2 aromatic heterocycles. The quantitative estimate of drug-likeness (QED) is 0.782. The maximum absolute atomic E-state index is 12.1. The molecule has 8 heteroatoms. The number of aromatic nitrogens is 2. The van der Waals surface area contributed by atoms with E-state index in [1.54, 1.807) is 11.1 Å². The molecule has 1 amide bonds. The van der Waals surface area contributed by atoms with Crippen molar-refractivity contribution in [2.45, 2.75) is 32.5 Å². The number of nitrogens with zero attached hydrogens (tertiary/aromatic N) is 3. The third-order valence-corrected chi connectivity index (χ3v) is 4.37. The van der Waals surface area contributed by atoms with Crippen molar-refractivity contribution in [1.29, 1.82) is 0 Å². The molecule has 1 fully saturated rings. The van der Waals surface area contributed by atoms with Gasteiger partial charge in [0.1, 0.15) is 0 Å². The summed E-state index contributed by atoms with van der Waals surface area (Å²) in [7, 11) is 0. The molecule has 2 aromatic rings. The molecule has 0 saturated carbocycles. The standard InChI is InChI=1S/C15H19N3O4S/c1-10-6-18(7-11(2)22-10)13(19)9-21-14(20)5-12-8-17-3-4-23-15(17)16-12/h3-4,8,10-11H,5-7,9H2,1-2H3. The summed E-state index contributed by atoms with van der Waals surface area (Å²) in [4.78, 5) is 30.8. The highest BCUT2D eigenvalue weighted by atomic mass is 32.1. The number of hydrogen-bond acceptors (Lipinski definition) is 6. The Labute approximate surface area is 137 Å². The molecule has 0 spiro atoms. The van der Waals surface area contributed by atoms with Crippen LogP contribution in [0, 0.1) is 0 Å². The molecule has 0 aliphatic carbocycles. The summed E-state index contributed by atoms with van der Waals surface area (Å²) < 4.78 is 12.5. The number of carbonyl (C=O) groups is 2. The van der Waals surface area contributed by atoms with Gasteiger partial charge in [0, 0.05) is 30.9 Å². The third kappa shape index (κ3) is 3.89. The van der Waals surface area contributed by atoms with E-state index in [1.807, 2.05) is 29.8 Å². The number of hydrogen-bond donors (Lipinski definition) is 0. The minimum Gasteiger partial charge on any atom is -0.455 e. The summed E-state index contributed by atoms with van der Waals surface area (Å²) in [6, 6.07) is 0. The van der Waals surface area contributed by atoms with Gasteiger partial charge in [-0.1, -0.05) is 0 Å². The second-order valence-corrected chi connectivity index (χ2v) is 6.59. The van der Waals surface area contributed by atoms with Crippen LogP contribution >= 0.6 is 11.3 Å². The van der Waals surface area contributed by atoms with Crippen molar-refractivity contribution in [1.82, 2.24) is 14.3 Å². The Kier molecular flexibility index (Phi) is 4.63. The highest BCUT2D eigenvalue weighted by Crippen LogP contribution is 2.13. The Balaban J connectivity index is 1.48. The van der Waals surface area contributed by atoms with Crippen molar-refractivity contribution in [2.75, 3.05) is 19.7 Å². The topological polar surface area (TPSA) is 73.1 Å². The van der Waals surface area contributed by atoms with Crippen LogP contribution in [0.2, 0.25) is 0 Å². The van der Waals surface area contributed by atoms with Crippen molar-refractivity contribution in [3.63, 3.8) is 0 Å². The number of fused-ring (bicyclic) bond motifs is 1. The second-order valence-electron chi connectivity index (χ2n) is 5.72. The maximum atomic E-state index is 12.1. The Bertz CT molecular complexity index is 672. The van der Waals surface area contributed by atoms with E-state index < -0.39 is 5.97 Å². The molecule has 0 N–H and O–H groups in total. The van der Waals surface area contributed by atoms with Crippen LogP contribution in [0.25, 0.3) is 4.96 Å². The first kappa shape index (κ1) is 15.9. The smallest absolute Gasteiger partial charge is 0.312 e. The number of ether oxygens (including phenoxy) is 2. The Morgan fingerprint density at radius 2 is 2.13 bits per heavy atom. The van der Waals surface area contributed by atoms with E-state index in [2.05, 4.69) is 4.98 Å². The number of amides is 1. The molecule has 0 radical (unpaired) electrons. The predicted molar refractivity (Wildman–Crippen MR) is 84.3 cm³/mol. The normalized spacial score (nSPS) is 21.6. The first-order valence-electron chi connectivity index (χ1n) is 7.51. The zero-order valence-corrected chi connectivity index (χ0v) is 13.9. The lowest BCUT2D eigenvalue weighted by Gasteiger charge is -2.35. The van der Waals surface area contributed by atoms with Crippen LogP contribution in [-0.4, -0.2) is 58.1 Å². The van der Waals surface area contributed by atoms with Gasteiger partial charge in [-0.3, -0.25) is 14.0 Å². The predicted octanol–water partition coefficient (Wildman–Crippen LogP) is 1.12. The van der Waals surface area contributed by atoms with E-state index in [0.29, 0.717) is 18.8 Å². The molecule has 0 bridgehead atoms. The molecule has 0 aromatic carbocycles. The average molecular weight is 337 g/mol. The van der Waals surface area contributed by atoms with Crippen LogP contribution in [0.5, 0.6) is 0 Å². The van der Waals surface area contributed by atoms with Gasteiger partial charge in [0.15, 0.2) is 11.6 Å². The van der Waals surface area contributed by atoms with E-state index in [0.717, 1.165) is 4.96 Å². The monoisotopic (exact) mass is 337 g/mol. The molecule has 23 heavy (non-hydrogen) atoms. The van der Waals surface area contributed by atoms with Crippen molar-refractivity contribution < 1.29 is 19.1 Å². The van der Waals surface area contributed by atoms with Gasteiger partial charge in [-0.2, -0.15) is 0 Å². The molecular formula is C15H19N3O4S. The van der Waals surface area contributed by atoms with Gasteiger partial charge in [-0.25, -0.2) is 4.98 Å². The summed E-state index contributed by atoms with van der Waals surface area (Å²) >= 11 is 1.50. The van der Waals surface area contributed by atoms with E-state index in [1.165, 1.54) is 11.3 Å². The number of carbonyl (C=O) groups excluding carboxylic acids is 2. The molecule has 3 heterocycles. The van der Waals surface area contributed by atoms with Crippen LogP contribution in [0.1, 0.15) is 19.5 Å². The third-order valence-electron chi connectivity index (χ3n) is 3.60. The van der Waals surface area contributed by atoms with Gasteiger partial charge in [-0.15, -0.1) is 11.3 Å². The lowest BCUT2D eigenvalue weighted by Crippen LogP contribution is -2.49. The molecule has 1 aliphatic heterocycles. The number of esters is 1. The summed E-state index contributed by atoms with van der Waals surface area (Å²) in [6.45, 7) is 4.66. The molecule has 1 saturated heterocycles. The lowest BCUT2D eigenvalue weighted by atomic mass is 10.2. The average Bonchev–Trinajstić information content (AvgIpc) is 3.04. The van der Waals surface area contributed by atoms with E-state index in [9.17, 15) is 9.59 Å². The minimum absolute atomic E-state index is 0.00288. The van der Waals surface area contributed by atoms with Gasteiger partial charge >= 0.3 is 5.97 Å². The fourth-order valence-electron chi connectivity index (χ4n) is 2.68. The number of imidazole rings is 1.